The lowest BCUT2D eigenvalue weighted by atomic mass is 9.61. The van der Waals surface area contributed by atoms with Gasteiger partial charge in [0.25, 0.3) is 17.7 Å². The lowest BCUT2D eigenvalue weighted by molar-refractivity contribution is -0.136. The van der Waals surface area contributed by atoms with E-state index < -0.39 is 46.9 Å². The van der Waals surface area contributed by atoms with Crippen molar-refractivity contribution in [3.05, 3.63) is 59.3 Å². The van der Waals surface area contributed by atoms with Gasteiger partial charge in [-0.3, -0.25) is 34.2 Å². The molecule has 2 saturated heterocycles. The third-order valence-electron chi connectivity index (χ3n) is 13.7. The number of fused-ring (bicyclic) bond motifs is 4. The van der Waals surface area contributed by atoms with E-state index in [1.807, 2.05) is 30.3 Å². The van der Waals surface area contributed by atoms with E-state index in [0.29, 0.717) is 12.8 Å². The molecule has 2 unspecified atom stereocenters. The molecule has 5 atom stereocenters. The molecule has 5 fully saturated rings. The van der Waals surface area contributed by atoms with E-state index in [2.05, 4.69) is 25.7 Å². The number of rotatable bonds is 5. The van der Waals surface area contributed by atoms with Crippen molar-refractivity contribution in [2.24, 2.45) is 33.7 Å². The number of aromatic nitrogens is 1. The largest absolute Gasteiger partial charge is 0.371 e. The van der Waals surface area contributed by atoms with Gasteiger partial charge in [0, 0.05) is 72.0 Å². The molecule has 12 nitrogen and oxygen atoms in total. The Morgan fingerprint density at radius 1 is 1.00 bits per heavy atom. The quantitative estimate of drug-likeness (QED) is 0.335. The minimum Gasteiger partial charge on any atom is -0.371 e. The number of carbonyl (C=O) groups excluding carboxylic acids is 5. The van der Waals surface area contributed by atoms with Crippen LogP contribution in [0.25, 0.3) is 10.9 Å². The Hall–Kier alpha value is -5.14. The van der Waals surface area contributed by atoms with Crippen LogP contribution in [0.4, 0.5) is 20.2 Å². The van der Waals surface area contributed by atoms with Crippen molar-refractivity contribution < 1.29 is 32.8 Å². The summed E-state index contributed by atoms with van der Waals surface area (Å²) in [6.45, 7) is 3.17. The van der Waals surface area contributed by atoms with Crippen LogP contribution in [0, 0.1) is 28.6 Å². The molecule has 3 N–H and O–H groups in total. The van der Waals surface area contributed by atoms with E-state index in [4.69, 9.17) is 0 Å². The summed E-state index contributed by atoms with van der Waals surface area (Å²) >= 11 is 0. The van der Waals surface area contributed by atoms with Gasteiger partial charge in [-0.1, -0.05) is 13.0 Å². The van der Waals surface area contributed by atoms with E-state index in [0.717, 1.165) is 70.9 Å². The van der Waals surface area contributed by atoms with Gasteiger partial charge in [0.1, 0.15) is 6.04 Å². The molecule has 4 aliphatic heterocycles. The van der Waals surface area contributed by atoms with Gasteiger partial charge in [0.15, 0.2) is 0 Å². The zero-order chi connectivity index (χ0) is 36.8. The standard InChI is InChI=1S/C39H39F2N7O5/c1-37-17-28-25(14-30(37)39(37,40)41)32(45-44-28)27-11-19-3-4-21(13-26(19)42-27)46(2)34(51)20-15-38(16-20)9-10-47(18-38)22-5-6-23-24(12-22)36(53)48(35(23)52)29-7-8-31(49)43-33(29)50/h3-6,11-13,20,25,28-30,42,44H,7-10,14-18H2,1-2H3,(H,43,49,50)/t20?,25?,28?,29-,30-,37+,38?/m0/s1. The summed E-state index contributed by atoms with van der Waals surface area (Å²) in [7, 11) is 1.80. The summed E-state index contributed by atoms with van der Waals surface area (Å²) in [5, 5.41) is 7.77. The Bertz CT molecular complexity index is 2230. The van der Waals surface area contributed by atoms with Crippen LogP contribution in [0.15, 0.2) is 47.6 Å². The summed E-state index contributed by atoms with van der Waals surface area (Å²) in [6.07, 6.45) is 3.40. The normalized spacial score (nSPS) is 31.8. The van der Waals surface area contributed by atoms with Crippen molar-refractivity contribution in [2.75, 3.05) is 29.9 Å². The molecule has 274 valence electrons. The van der Waals surface area contributed by atoms with Crippen molar-refractivity contribution in [1.82, 2.24) is 20.6 Å². The molecule has 1 aromatic heterocycles. The predicted octanol–water partition coefficient (Wildman–Crippen LogP) is 4.20. The van der Waals surface area contributed by atoms with Crippen LogP contribution in [0.1, 0.15) is 78.3 Å². The summed E-state index contributed by atoms with van der Waals surface area (Å²) in [6, 6.07) is 12.0. The van der Waals surface area contributed by atoms with Gasteiger partial charge in [-0.15, -0.1) is 0 Å². The molecule has 53 heavy (non-hydrogen) atoms. The Morgan fingerprint density at radius 2 is 1.79 bits per heavy atom. The molecule has 1 spiro atoms. The fourth-order valence-corrected chi connectivity index (χ4v) is 10.5. The summed E-state index contributed by atoms with van der Waals surface area (Å²) in [5.41, 5.74) is 6.74. The number of carbonyl (C=O) groups is 5. The van der Waals surface area contributed by atoms with Crippen LogP contribution in [0.5, 0.6) is 0 Å². The number of piperidine rings is 1. The molecule has 0 radical (unpaired) electrons. The van der Waals surface area contributed by atoms with Crippen molar-refractivity contribution in [3.63, 3.8) is 0 Å². The molecule has 5 amide bonds. The van der Waals surface area contributed by atoms with E-state index >= 15 is 0 Å². The average Bonchev–Trinajstić information content (AvgIpc) is 3.77. The number of halogens is 2. The lowest BCUT2D eigenvalue weighted by Gasteiger charge is -2.45. The Labute approximate surface area is 303 Å². The second-order valence-electron chi connectivity index (χ2n) is 16.7. The van der Waals surface area contributed by atoms with E-state index in [9.17, 15) is 32.8 Å². The lowest BCUT2D eigenvalue weighted by Crippen LogP contribution is -2.54. The van der Waals surface area contributed by atoms with Gasteiger partial charge in [0.2, 0.25) is 17.7 Å². The first-order valence-electron chi connectivity index (χ1n) is 18.5. The molecule has 0 bridgehead atoms. The third-order valence-corrected chi connectivity index (χ3v) is 13.7. The number of amides is 5. The van der Waals surface area contributed by atoms with Crippen LogP contribution in [0.2, 0.25) is 0 Å². The number of anilines is 2. The molecule has 5 heterocycles. The summed E-state index contributed by atoms with van der Waals surface area (Å²) in [5.74, 6) is -5.46. The van der Waals surface area contributed by atoms with Gasteiger partial charge in [-0.25, -0.2) is 8.78 Å². The zero-order valence-electron chi connectivity index (χ0n) is 29.4. The molecule has 14 heteroatoms. The topological polar surface area (TPSA) is 147 Å². The van der Waals surface area contributed by atoms with Crippen molar-refractivity contribution in [2.45, 2.75) is 69.9 Å². The van der Waals surface area contributed by atoms with Crippen LogP contribution < -0.4 is 20.5 Å². The smallest absolute Gasteiger partial charge is 0.262 e. The molecule has 10 rings (SSSR count). The SMILES string of the molecule is CN(C(=O)C1CC2(CCN(c3ccc4c(c3)C(=O)N([C@H]3CCC(=O)NC3=O)C4=O)C2)C1)c1ccc2cc(C3=NNC4C[C@]5(C)[C@H](CC34)C5(F)F)[nH]c2c1. The summed E-state index contributed by atoms with van der Waals surface area (Å²) < 4.78 is 29.1. The third kappa shape index (κ3) is 4.56. The zero-order valence-corrected chi connectivity index (χ0v) is 29.4. The highest BCUT2D eigenvalue weighted by Crippen LogP contribution is 2.73. The van der Waals surface area contributed by atoms with Crippen LogP contribution in [-0.4, -0.2) is 83.3 Å². The second kappa shape index (κ2) is 10.7. The molecule has 3 aliphatic carbocycles. The predicted molar refractivity (Wildman–Crippen MR) is 190 cm³/mol. The summed E-state index contributed by atoms with van der Waals surface area (Å²) in [4.78, 5) is 72.6. The van der Waals surface area contributed by atoms with Gasteiger partial charge >= 0.3 is 0 Å². The maximum atomic E-state index is 14.5. The number of benzene rings is 2. The monoisotopic (exact) mass is 723 g/mol. The molecular formula is C39H39F2N7O5. The first-order valence-corrected chi connectivity index (χ1v) is 18.5. The number of aromatic amines is 1. The Kier molecular flexibility index (Phi) is 6.58. The van der Waals surface area contributed by atoms with Crippen LogP contribution >= 0.6 is 0 Å². The maximum absolute atomic E-state index is 14.5. The average molecular weight is 724 g/mol. The molecule has 2 aromatic carbocycles. The Balaban J connectivity index is 0.784. The van der Waals surface area contributed by atoms with Crippen molar-refractivity contribution in [3.8, 4) is 0 Å². The number of hydrogen-bond donors (Lipinski definition) is 3. The van der Waals surface area contributed by atoms with E-state index in [-0.39, 0.29) is 53.2 Å². The van der Waals surface area contributed by atoms with Gasteiger partial charge in [0.05, 0.1) is 28.6 Å². The number of imide groups is 2. The van der Waals surface area contributed by atoms with Crippen molar-refractivity contribution >= 4 is 57.5 Å². The minimum atomic E-state index is -2.62. The molecular weight excluding hydrogens is 684 g/mol. The first kappa shape index (κ1) is 32.5. The molecule has 7 aliphatic rings. The number of alkyl halides is 2. The van der Waals surface area contributed by atoms with Crippen LogP contribution in [0.3, 0.4) is 0 Å². The molecule has 3 saturated carbocycles. The van der Waals surface area contributed by atoms with Crippen LogP contribution in [-0.2, 0) is 14.4 Å². The number of hydrogen-bond acceptors (Lipinski definition) is 8. The number of H-pyrrole nitrogens is 1. The highest BCUT2D eigenvalue weighted by molar-refractivity contribution is 6.23. The van der Waals surface area contributed by atoms with Gasteiger partial charge in [-0.05, 0) is 80.3 Å². The fourth-order valence-electron chi connectivity index (χ4n) is 10.5. The first-order chi connectivity index (χ1) is 25.3. The number of nitrogens with one attached hydrogen (secondary N) is 3. The Morgan fingerprint density at radius 3 is 2.58 bits per heavy atom. The second-order valence-corrected chi connectivity index (χ2v) is 16.7. The van der Waals surface area contributed by atoms with Crippen molar-refractivity contribution in [1.29, 1.82) is 0 Å². The van der Waals surface area contributed by atoms with E-state index in [1.54, 1.807) is 31.0 Å². The minimum absolute atomic E-state index is 0.0219. The highest BCUT2D eigenvalue weighted by atomic mass is 19.3. The fraction of sp³-hybridized carbons (Fsp3) is 0.487. The number of nitrogens with zero attached hydrogens (tertiary/aromatic N) is 4. The van der Waals surface area contributed by atoms with E-state index in [1.165, 1.54) is 0 Å². The molecule has 3 aromatic rings. The van der Waals surface area contributed by atoms with Gasteiger partial charge in [-0.2, -0.15) is 5.10 Å². The van der Waals surface area contributed by atoms with Gasteiger partial charge < -0.3 is 20.2 Å². The number of hydrazone groups is 1. The maximum Gasteiger partial charge on any atom is 0.262 e. The highest BCUT2D eigenvalue weighted by Gasteiger charge is 2.80.